The third kappa shape index (κ3) is 7.87. The van der Waals surface area contributed by atoms with E-state index in [1.807, 2.05) is 31.4 Å². The minimum atomic E-state index is -0.226. The molecule has 1 aromatic heterocycles. The quantitative estimate of drug-likeness (QED) is 0.334. The van der Waals surface area contributed by atoms with E-state index in [2.05, 4.69) is 71.4 Å². The molecular formula is C24H36IN5O. The van der Waals surface area contributed by atoms with Crippen molar-refractivity contribution in [1.29, 1.82) is 0 Å². The zero-order valence-electron chi connectivity index (χ0n) is 19.3. The Morgan fingerprint density at radius 1 is 1.16 bits per heavy atom. The Bertz CT molecular complexity index is 840. The molecule has 6 nitrogen and oxygen atoms in total. The molecule has 2 heterocycles. The first-order valence-corrected chi connectivity index (χ1v) is 10.8. The Kier molecular flexibility index (Phi) is 9.40. The summed E-state index contributed by atoms with van der Waals surface area (Å²) in [7, 11) is 1.82. The largest absolute Gasteiger partial charge is 0.488 e. The Hall–Kier alpha value is -2.03. The van der Waals surface area contributed by atoms with E-state index in [1.54, 1.807) is 0 Å². The van der Waals surface area contributed by atoms with Crippen LogP contribution in [0.5, 0.6) is 5.75 Å². The third-order valence-electron chi connectivity index (χ3n) is 5.11. The van der Waals surface area contributed by atoms with Crippen molar-refractivity contribution in [3.8, 4) is 5.75 Å². The van der Waals surface area contributed by atoms with E-state index >= 15 is 0 Å². The number of guanidine groups is 1. The summed E-state index contributed by atoms with van der Waals surface area (Å²) in [6, 6.07) is 12.8. The molecule has 2 aromatic rings. The van der Waals surface area contributed by atoms with Crippen LogP contribution in [0.4, 0.5) is 5.82 Å². The van der Waals surface area contributed by atoms with Gasteiger partial charge in [0.2, 0.25) is 0 Å². The predicted molar refractivity (Wildman–Crippen MR) is 140 cm³/mol. The van der Waals surface area contributed by atoms with E-state index in [1.165, 1.54) is 5.56 Å². The van der Waals surface area contributed by atoms with Gasteiger partial charge in [0, 0.05) is 44.5 Å². The van der Waals surface area contributed by atoms with Crippen LogP contribution < -0.4 is 20.3 Å². The maximum absolute atomic E-state index is 6.10. The second kappa shape index (κ2) is 11.5. The SMILES string of the molecule is CN=C(NCc1ccccc1OC(C)(C)C)NC1CCN(c2ccc(C)cn2)CC1.I. The number of ether oxygens (including phenoxy) is 1. The first-order valence-electron chi connectivity index (χ1n) is 10.8. The highest BCUT2D eigenvalue weighted by Crippen LogP contribution is 2.23. The van der Waals surface area contributed by atoms with E-state index in [0.717, 1.165) is 49.0 Å². The number of aliphatic imine (C=N–C) groups is 1. The van der Waals surface area contributed by atoms with Crippen LogP contribution >= 0.6 is 24.0 Å². The minimum absolute atomic E-state index is 0. The second-order valence-electron chi connectivity index (χ2n) is 8.85. The topological polar surface area (TPSA) is 61.8 Å². The van der Waals surface area contributed by atoms with Gasteiger partial charge in [-0.25, -0.2) is 4.98 Å². The van der Waals surface area contributed by atoms with Gasteiger partial charge in [-0.1, -0.05) is 24.3 Å². The van der Waals surface area contributed by atoms with Crippen molar-refractivity contribution < 1.29 is 4.74 Å². The normalized spacial score (nSPS) is 15.3. The molecule has 1 fully saturated rings. The molecule has 1 aromatic carbocycles. The van der Waals surface area contributed by atoms with Gasteiger partial charge in [0.15, 0.2) is 5.96 Å². The molecule has 1 saturated heterocycles. The molecule has 1 aliphatic heterocycles. The molecule has 0 spiro atoms. The average molecular weight is 537 g/mol. The summed E-state index contributed by atoms with van der Waals surface area (Å²) in [6.07, 6.45) is 4.05. The van der Waals surface area contributed by atoms with Crippen molar-refractivity contribution in [2.24, 2.45) is 4.99 Å². The van der Waals surface area contributed by atoms with Gasteiger partial charge in [-0.3, -0.25) is 4.99 Å². The van der Waals surface area contributed by atoms with Crippen LogP contribution in [0, 0.1) is 6.92 Å². The second-order valence-corrected chi connectivity index (χ2v) is 8.85. The van der Waals surface area contributed by atoms with Gasteiger partial charge in [-0.2, -0.15) is 0 Å². The maximum Gasteiger partial charge on any atom is 0.191 e. The number of hydrogen-bond acceptors (Lipinski definition) is 4. The number of nitrogens with zero attached hydrogens (tertiary/aromatic N) is 3. The van der Waals surface area contributed by atoms with Crippen molar-refractivity contribution in [2.75, 3.05) is 25.0 Å². The average Bonchev–Trinajstić information content (AvgIpc) is 2.72. The number of nitrogens with one attached hydrogen (secondary N) is 2. The molecule has 1 aliphatic rings. The van der Waals surface area contributed by atoms with Crippen LogP contribution in [-0.4, -0.2) is 42.7 Å². The maximum atomic E-state index is 6.10. The van der Waals surface area contributed by atoms with Crippen LogP contribution in [0.25, 0.3) is 0 Å². The number of aromatic nitrogens is 1. The molecular weight excluding hydrogens is 501 g/mol. The summed E-state index contributed by atoms with van der Waals surface area (Å²) in [4.78, 5) is 11.3. The molecule has 3 rings (SSSR count). The lowest BCUT2D eigenvalue weighted by Crippen LogP contribution is -2.48. The van der Waals surface area contributed by atoms with Gasteiger partial charge in [-0.15, -0.1) is 24.0 Å². The smallest absolute Gasteiger partial charge is 0.191 e. The number of rotatable bonds is 5. The van der Waals surface area contributed by atoms with Crippen LogP contribution in [-0.2, 0) is 6.54 Å². The van der Waals surface area contributed by atoms with Crippen molar-refractivity contribution in [2.45, 2.75) is 58.7 Å². The summed E-state index contributed by atoms with van der Waals surface area (Å²) >= 11 is 0. The Morgan fingerprint density at radius 3 is 2.48 bits per heavy atom. The fourth-order valence-corrected chi connectivity index (χ4v) is 3.55. The van der Waals surface area contributed by atoms with E-state index < -0.39 is 0 Å². The fraction of sp³-hybridized carbons (Fsp3) is 0.500. The molecule has 0 amide bonds. The number of anilines is 1. The lowest BCUT2D eigenvalue weighted by molar-refractivity contribution is 0.129. The van der Waals surface area contributed by atoms with Gasteiger partial charge in [-0.05, 0) is 58.2 Å². The molecule has 0 atom stereocenters. The molecule has 0 aliphatic carbocycles. The standard InChI is InChI=1S/C24H35N5O.HI/c1-18-10-11-22(26-16-18)29-14-12-20(13-15-29)28-23(25-5)27-17-19-8-6-7-9-21(19)30-24(2,3)4;/h6-11,16,20H,12-15,17H2,1-5H3,(H2,25,27,28);1H. The summed E-state index contributed by atoms with van der Waals surface area (Å²) in [6.45, 7) is 10.9. The molecule has 7 heteroatoms. The van der Waals surface area contributed by atoms with Crippen molar-refractivity contribution >= 4 is 35.8 Å². The molecule has 2 N–H and O–H groups in total. The van der Waals surface area contributed by atoms with Crippen LogP contribution in [0.3, 0.4) is 0 Å². The Balaban J connectivity index is 0.00000341. The number of piperidine rings is 1. The number of hydrogen-bond donors (Lipinski definition) is 2. The molecule has 0 radical (unpaired) electrons. The van der Waals surface area contributed by atoms with Gasteiger partial charge in [0.1, 0.15) is 17.2 Å². The molecule has 0 saturated carbocycles. The monoisotopic (exact) mass is 537 g/mol. The molecule has 0 unspecified atom stereocenters. The number of para-hydroxylation sites is 1. The minimum Gasteiger partial charge on any atom is -0.488 e. The molecule has 170 valence electrons. The summed E-state index contributed by atoms with van der Waals surface area (Å²) in [5.41, 5.74) is 2.09. The van der Waals surface area contributed by atoms with Crippen LogP contribution in [0.1, 0.15) is 44.7 Å². The Labute approximate surface area is 203 Å². The van der Waals surface area contributed by atoms with E-state index in [9.17, 15) is 0 Å². The van der Waals surface area contributed by atoms with Crippen LogP contribution in [0.2, 0.25) is 0 Å². The number of benzene rings is 1. The van der Waals surface area contributed by atoms with Gasteiger partial charge in [0.25, 0.3) is 0 Å². The van der Waals surface area contributed by atoms with E-state index in [4.69, 9.17) is 4.74 Å². The van der Waals surface area contributed by atoms with Gasteiger partial charge < -0.3 is 20.3 Å². The summed E-state index contributed by atoms with van der Waals surface area (Å²) in [5.74, 6) is 2.80. The number of aryl methyl sites for hydroxylation is 1. The highest BCUT2D eigenvalue weighted by atomic mass is 127. The van der Waals surface area contributed by atoms with E-state index in [0.29, 0.717) is 12.6 Å². The van der Waals surface area contributed by atoms with Crippen molar-refractivity contribution in [1.82, 2.24) is 15.6 Å². The summed E-state index contributed by atoms with van der Waals surface area (Å²) in [5, 5.41) is 7.02. The summed E-state index contributed by atoms with van der Waals surface area (Å²) < 4.78 is 6.10. The zero-order chi connectivity index (χ0) is 21.6. The van der Waals surface area contributed by atoms with Gasteiger partial charge in [0.05, 0.1) is 0 Å². The highest BCUT2D eigenvalue weighted by molar-refractivity contribution is 14.0. The van der Waals surface area contributed by atoms with Gasteiger partial charge >= 0.3 is 0 Å². The fourth-order valence-electron chi connectivity index (χ4n) is 3.55. The zero-order valence-corrected chi connectivity index (χ0v) is 21.6. The predicted octanol–water partition coefficient (Wildman–Crippen LogP) is 4.52. The number of halogens is 1. The molecule has 0 bridgehead atoms. The van der Waals surface area contributed by atoms with Crippen LogP contribution in [0.15, 0.2) is 47.6 Å². The highest BCUT2D eigenvalue weighted by Gasteiger charge is 2.21. The first-order chi connectivity index (χ1) is 14.3. The van der Waals surface area contributed by atoms with E-state index in [-0.39, 0.29) is 29.6 Å². The number of pyridine rings is 1. The van der Waals surface area contributed by atoms with Crippen molar-refractivity contribution in [3.63, 3.8) is 0 Å². The lowest BCUT2D eigenvalue weighted by atomic mass is 10.1. The molecule has 31 heavy (non-hydrogen) atoms. The Morgan fingerprint density at radius 2 is 1.87 bits per heavy atom. The lowest BCUT2D eigenvalue weighted by Gasteiger charge is -2.34. The van der Waals surface area contributed by atoms with Crippen molar-refractivity contribution in [3.05, 3.63) is 53.7 Å². The first kappa shape index (κ1) is 25.2. The third-order valence-corrected chi connectivity index (χ3v) is 5.11.